The van der Waals surface area contributed by atoms with Gasteiger partial charge in [0.15, 0.2) is 0 Å². The van der Waals surface area contributed by atoms with Gasteiger partial charge in [0.05, 0.1) is 11.7 Å². The molecule has 1 aliphatic rings. The zero-order chi connectivity index (χ0) is 13.1. The van der Waals surface area contributed by atoms with Crippen LogP contribution in [-0.4, -0.2) is 42.1 Å². The average molecular weight is 242 g/mol. The molecule has 100 valence electrons. The number of carbonyl (C=O) groups is 1. The summed E-state index contributed by atoms with van der Waals surface area (Å²) in [4.78, 5) is 14.0. The van der Waals surface area contributed by atoms with E-state index >= 15 is 0 Å². The summed E-state index contributed by atoms with van der Waals surface area (Å²) in [6, 6.07) is 0. The van der Waals surface area contributed by atoms with Gasteiger partial charge in [0.2, 0.25) is 5.91 Å². The third kappa shape index (κ3) is 4.64. The summed E-state index contributed by atoms with van der Waals surface area (Å²) < 4.78 is 5.79. The number of amides is 1. The highest BCUT2D eigenvalue weighted by Gasteiger charge is 2.33. The number of nitrogens with two attached hydrogens (primary N) is 1. The van der Waals surface area contributed by atoms with Crippen molar-refractivity contribution in [3.8, 4) is 0 Å². The van der Waals surface area contributed by atoms with E-state index in [0.717, 1.165) is 6.42 Å². The number of ether oxygens (including phenoxy) is 1. The van der Waals surface area contributed by atoms with Gasteiger partial charge in [-0.1, -0.05) is 6.92 Å². The molecule has 2 unspecified atom stereocenters. The van der Waals surface area contributed by atoms with Gasteiger partial charge in [0.1, 0.15) is 0 Å². The molecule has 2 N–H and O–H groups in total. The Kier molecular flexibility index (Phi) is 4.95. The van der Waals surface area contributed by atoms with Crippen LogP contribution in [0.4, 0.5) is 0 Å². The van der Waals surface area contributed by atoms with E-state index < -0.39 is 0 Å². The van der Waals surface area contributed by atoms with Crippen LogP contribution in [0.2, 0.25) is 0 Å². The minimum Gasteiger partial charge on any atom is -0.369 e. The molecule has 1 heterocycles. The van der Waals surface area contributed by atoms with Gasteiger partial charge >= 0.3 is 0 Å². The topological polar surface area (TPSA) is 55.6 Å². The van der Waals surface area contributed by atoms with Crippen LogP contribution in [0.25, 0.3) is 0 Å². The zero-order valence-electron chi connectivity index (χ0n) is 11.5. The van der Waals surface area contributed by atoms with Gasteiger partial charge in [-0.05, 0) is 39.7 Å². The second-order valence-electron chi connectivity index (χ2n) is 5.84. The highest BCUT2D eigenvalue weighted by molar-refractivity contribution is 5.76. The molecule has 0 aromatic heterocycles. The summed E-state index contributed by atoms with van der Waals surface area (Å²) in [6.45, 7) is 10.2. The summed E-state index contributed by atoms with van der Waals surface area (Å²) in [5.74, 6) is 0.652. The van der Waals surface area contributed by atoms with Crippen LogP contribution in [0.1, 0.15) is 40.5 Å². The van der Waals surface area contributed by atoms with Gasteiger partial charge in [0.25, 0.3) is 0 Å². The molecule has 0 bridgehead atoms. The second kappa shape index (κ2) is 5.83. The first-order valence-corrected chi connectivity index (χ1v) is 6.49. The lowest BCUT2D eigenvalue weighted by atomic mass is 10.0. The molecular formula is C13H26N2O2. The van der Waals surface area contributed by atoms with E-state index in [9.17, 15) is 4.79 Å². The lowest BCUT2D eigenvalue weighted by molar-refractivity contribution is -0.158. The fourth-order valence-electron chi connectivity index (χ4n) is 2.29. The second-order valence-corrected chi connectivity index (χ2v) is 5.84. The highest BCUT2D eigenvalue weighted by atomic mass is 16.5. The fourth-order valence-corrected chi connectivity index (χ4v) is 2.29. The van der Waals surface area contributed by atoms with Crippen molar-refractivity contribution in [3.63, 3.8) is 0 Å². The van der Waals surface area contributed by atoms with E-state index in [1.165, 1.54) is 0 Å². The molecule has 1 fully saturated rings. The van der Waals surface area contributed by atoms with E-state index in [-0.39, 0.29) is 17.6 Å². The molecule has 0 spiro atoms. The van der Waals surface area contributed by atoms with Crippen molar-refractivity contribution >= 4 is 5.91 Å². The summed E-state index contributed by atoms with van der Waals surface area (Å²) >= 11 is 0. The Hall–Kier alpha value is -0.610. The van der Waals surface area contributed by atoms with Crippen LogP contribution in [0, 0.1) is 5.92 Å². The molecule has 4 heteroatoms. The molecule has 0 saturated carbocycles. The van der Waals surface area contributed by atoms with E-state index in [2.05, 4.69) is 6.92 Å². The monoisotopic (exact) mass is 242 g/mol. The normalized spacial score (nSPS) is 25.7. The van der Waals surface area contributed by atoms with E-state index in [4.69, 9.17) is 10.5 Å². The number of hydrogen-bond acceptors (Lipinski definition) is 3. The molecule has 1 rings (SSSR count). The van der Waals surface area contributed by atoms with Gasteiger partial charge in [-0.2, -0.15) is 0 Å². The SMILES string of the molecule is CC(CN)CCC(=O)N1CC(C)OC(C)(C)C1. The number of nitrogens with zero attached hydrogens (tertiary/aromatic N) is 1. The Morgan fingerprint density at radius 3 is 2.76 bits per heavy atom. The van der Waals surface area contributed by atoms with Crippen LogP contribution in [0.3, 0.4) is 0 Å². The van der Waals surface area contributed by atoms with Crippen LogP contribution < -0.4 is 5.73 Å². The van der Waals surface area contributed by atoms with Gasteiger partial charge in [0, 0.05) is 19.5 Å². The quantitative estimate of drug-likeness (QED) is 0.810. The van der Waals surface area contributed by atoms with Crippen LogP contribution in [-0.2, 0) is 9.53 Å². The molecule has 1 aliphatic heterocycles. The average Bonchev–Trinajstić information content (AvgIpc) is 2.22. The van der Waals surface area contributed by atoms with Gasteiger partial charge in [-0.3, -0.25) is 4.79 Å². The molecular weight excluding hydrogens is 216 g/mol. The minimum atomic E-state index is -0.229. The summed E-state index contributed by atoms with van der Waals surface area (Å²) in [5.41, 5.74) is 5.33. The van der Waals surface area contributed by atoms with E-state index in [1.54, 1.807) is 0 Å². The Bertz CT molecular complexity index is 266. The van der Waals surface area contributed by atoms with Crippen LogP contribution in [0.5, 0.6) is 0 Å². The zero-order valence-corrected chi connectivity index (χ0v) is 11.5. The maximum atomic E-state index is 12.1. The molecule has 4 nitrogen and oxygen atoms in total. The molecule has 1 amide bonds. The molecule has 0 aromatic rings. The van der Waals surface area contributed by atoms with Crippen molar-refractivity contribution in [2.75, 3.05) is 19.6 Å². The van der Waals surface area contributed by atoms with Gasteiger partial charge < -0.3 is 15.4 Å². The Labute approximate surface area is 104 Å². The third-order valence-electron chi connectivity index (χ3n) is 3.18. The molecule has 0 aromatic carbocycles. The van der Waals surface area contributed by atoms with Crippen molar-refractivity contribution in [2.45, 2.75) is 52.2 Å². The van der Waals surface area contributed by atoms with E-state index in [0.29, 0.717) is 32.0 Å². The Morgan fingerprint density at radius 1 is 1.59 bits per heavy atom. The predicted octanol–water partition coefficient (Wildman–Crippen LogP) is 1.39. The van der Waals surface area contributed by atoms with E-state index in [1.807, 2.05) is 25.7 Å². The summed E-state index contributed by atoms with van der Waals surface area (Å²) in [6.07, 6.45) is 1.59. The van der Waals surface area contributed by atoms with Crippen molar-refractivity contribution in [1.29, 1.82) is 0 Å². The molecule has 0 aliphatic carbocycles. The number of carbonyl (C=O) groups excluding carboxylic acids is 1. The molecule has 1 saturated heterocycles. The van der Waals surface area contributed by atoms with Gasteiger partial charge in [-0.25, -0.2) is 0 Å². The predicted molar refractivity (Wildman–Crippen MR) is 68.7 cm³/mol. The molecule has 0 radical (unpaired) electrons. The largest absolute Gasteiger partial charge is 0.369 e. The minimum absolute atomic E-state index is 0.120. The van der Waals surface area contributed by atoms with Crippen molar-refractivity contribution < 1.29 is 9.53 Å². The number of rotatable bonds is 4. The maximum absolute atomic E-state index is 12.1. The fraction of sp³-hybridized carbons (Fsp3) is 0.923. The van der Waals surface area contributed by atoms with Crippen LogP contribution >= 0.6 is 0 Å². The maximum Gasteiger partial charge on any atom is 0.222 e. The number of morpholine rings is 1. The summed E-state index contributed by atoms with van der Waals surface area (Å²) in [5, 5.41) is 0. The standard InChI is InChI=1S/C13H26N2O2/c1-10(7-14)5-6-12(16)15-8-11(2)17-13(3,4)9-15/h10-11H,5-9,14H2,1-4H3. The first-order chi connectivity index (χ1) is 7.84. The molecule has 17 heavy (non-hydrogen) atoms. The van der Waals surface area contributed by atoms with Crippen molar-refractivity contribution in [3.05, 3.63) is 0 Å². The first kappa shape index (κ1) is 14.5. The number of hydrogen-bond donors (Lipinski definition) is 1. The Morgan fingerprint density at radius 2 is 2.24 bits per heavy atom. The summed E-state index contributed by atoms with van der Waals surface area (Å²) in [7, 11) is 0. The highest BCUT2D eigenvalue weighted by Crippen LogP contribution is 2.21. The lowest BCUT2D eigenvalue weighted by Crippen LogP contribution is -2.53. The van der Waals surface area contributed by atoms with Crippen molar-refractivity contribution in [2.24, 2.45) is 11.7 Å². The van der Waals surface area contributed by atoms with Crippen LogP contribution in [0.15, 0.2) is 0 Å². The Balaban J connectivity index is 2.46. The smallest absolute Gasteiger partial charge is 0.222 e. The van der Waals surface area contributed by atoms with Crippen molar-refractivity contribution in [1.82, 2.24) is 4.90 Å². The lowest BCUT2D eigenvalue weighted by Gasteiger charge is -2.41. The third-order valence-corrected chi connectivity index (χ3v) is 3.18. The van der Waals surface area contributed by atoms with Gasteiger partial charge in [-0.15, -0.1) is 0 Å². The molecule has 2 atom stereocenters. The first-order valence-electron chi connectivity index (χ1n) is 6.49.